The Morgan fingerprint density at radius 2 is 1.54 bits per heavy atom. The Morgan fingerprint density at radius 3 is 2.08 bits per heavy atom. The summed E-state index contributed by atoms with van der Waals surface area (Å²) in [5.41, 5.74) is -4.28. The van der Waals surface area contributed by atoms with Gasteiger partial charge < -0.3 is 19.3 Å². The second-order valence-electron chi connectivity index (χ2n) is 10.4. The maximum absolute atomic E-state index is 13.5. The Balaban J connectivity index is 1.77. The van der Waals surface area contributed by atoms with Gasteiger partial charge in [-0.15, -0.1) is 13.2 Å². The van der Waals surface area contributed by atoms with E-state index in [1.54, 1.807) is 0 Å². The number of hydrogen-bond acceptors (Lipinski definition) is 6. The molecule has 0 bridgehead atoms. The van der Waals surface area contributed by atoms with Crippen molar-refractivity contribution in [1.82, 2.24) is 4.90 Å². The van der Waals surface area contributed by atoms with Crippen LogP contribution < -0.4 is 9.64 Å². The number of carboxylic acids is 1. The third-order valence-electron chi connectivity index (χ3n) is 7.16. The van der Waals surface area contributed by atoms with Gasteiger partial charge in [0.25, 0.3) is 0 Å². The van der Waals surface area contributed by atoms with Crippen LogP contribution >= 0.6 is 0 Å². The Kier molecular flexibility index (Phi) is 9.78. The van der Waals surface area contributed by atoms with Crippen LogP contribution in [0.1, 0.15) is 51.2 Å². The largest absolute Gasteiger partial charge is 0.573 e. The third kappa shape index (κ3) is 8.21. The normalized spacial score (nSPS) is 16.8. The molecule has 258 valence electrons. The predicted molar refractivity (Wildman–Crippen MR) is 146 cm³/mol. The van der Waals surface area contributed by atoms with E-state index in [0.717, 1.165) is 35.1 Å². The molecule has 1 aliphatic rings. The molecule has 18 heteroatoms. The molecule has 1 heterocycles. The van der Waals surface area contributed by atoms with E-state index >= 15 is 0 Å². The standard InChI is InChI=1S/C30H23F9N2O7/c1-15-24(18-9-20(28(31,32)33)12-21(10-18)29(34,35)36)47-27(45)40(15)14-19-11-22(48-30(37,38)39)6-7-23(19)41(26(44)46-2)13-16-4-3-5-17(8-16)25(42)43/h3-12,15,24H,13-14H2,1-2H3,(H,42,43)/t15-,24-/m0/s1. The molecule has 0 saturated carbocycles. The number of amides is 2. The van der Waals surface area contributed by atoms with Crippen LogP contribution in [-0.2, 0) is 34.9 Å². The van der Waals surface area contributed by atoms with Gasteiger partial charge >= 0.3 is 36.9 Å². The van der Waals surface area contributed by atoms with E-state index in [2.05, 4.69) is 4.74 Å². The van der Waals surface area contributed by atoms with Crippen LogP contribution in [-0.4, -0.2) is 47.7 Å². The quantitative estimate of drug-likeness (QED) is 0.237. The molecule has 3 aromatic rings. The van der Waals surface area contributed by atoms with Gasteiger partial charge in [0.1, 0.15) is 11.9 Å². The number of methoxy groups -OCH3 is 1. The zero-order valence-electron chi connectivity index (χ0n) is 24.5. The molecule has 0 unspecified atom stereocenters. The zero-order chi connectivity index (χ0) is 35.8. The number of halogens is 9. The smallest absolute Gasteiger partial charge is 0.478 e. The SMILES string of the molecule is COC(=O)N(Cc1cccc(C(=O)O)c1)c1ccc(OC(F)(F)F)cc1CN1C(=O)O[C@H](c2cc(C(F)(F)F)cc(C(F)(F)F)c2)[C@@H]1C. The van der Waals surface area contributed by atoms with Gasteiger partial charge in [-0.3, -0.25) is 9.80 Å². The van der Waals surface area contributed by atoms with Crippen LogP contribution in [0.25, 0.3) is 0 Å². The Labute approximate surface area is 265 Å². The highest BCUT2D eigenvalue weighted by molar-refractivity contribution is 5.90. The number of cyclic esters (lactones) is 1. The van der Waals surface area contributed by atoms with E-state index < -0.39 is 84.5 Å². The number of carbonyl (C=O) groups excluding carboxylic acids is 2. The average molecular weight is 695 g/mol. The minimum Gasteiger partial charge on any atom is -0.478 e. The van der Waals surface area contributed by atoms with Crippen molar-refractivity contribution in [2.24, 2.45) is 0 Å². The van der Waals surface area contributed by atoms with Crippen LogP contribution in [0.3, 0.4) is 0 Å². The number of hydrogen-bond donors (Lipinski definition) is 1. The Bertz CT molecular complexity index is 1670. The molecular weight excluding hydrogens is 671 g/mol. The molecule has 1 saturated heterocycles. The molecule has 2 atom stereocenters. The van der Waals surface area contributed by atoms with Crippen LogP contribution in [0, 0.1) is 0 Å². The molecule has 0 spiro atoms. The summed E-state index contributed by atoms with van der Waals surface area (Å²) in [6.07, 6.45) is -19.6. The van der Waals surface area contributed by atoms with E-state index in [1.165, 1.54) is 31.2 Å². The summed E-state index contributed by atoms with van der Waals surface area (Å²) >= 11 is 0. The summed E-state index contributed by atoms with van der Waals surface area (Å²) in [6.45, 7) is 0.149. The fraction of sp³-hybridized carbons (Fsp3) is 0.300. The third-order valence-corrected chi connectivity index (χ3v) is 7.16. The van der Waals surface area contributed by atoms with E-state index in [0.29, 0.717) is 12.1 Å². The van der Waals surface area contributed by atoms with Crippen LogP contribution in [0.4, 0.5) is 54.8 Å². The van der Waals surface area contributed by atoms with Crippen molar-refractivity contribution >= 4 is 23.8 Å². The molecule has 2 amide bonds. The highest BCUT2D eigenvalue weighted by atomic mass is 19.4. The lowest BCUT2D eigenvalue weighted by Gasteiger charge is -2.27. The number of aromatic carboxylic acids is 1. The lowest BCUT2D eigenvalue weighted by molar-refractivity contribution is -0.274. The van der Waals surface area contributed by atoms with Gasteiger partial charge in [-0.25, -0.2) is 14.4 Å². The van der Waals surface area contributed by atoms with Gasteiger partial charge in [0.05, 0.1) is 48.6 Å². The Hall–Kier alpha value is -5.16. The second-order valence-corrected chi connectivity index (χ2v) is 10.4. The number of nitrogens with zero attached hydrogens (tertiary/aromatic N) is 2. The number of carbonyl (C=O) groups is 3. The first-order chi connectivity index (χ1) is 22.2. The van der Waals surface area contributed by atoms with E-state index in [4.69, 9.17) is 9.47 Å². The number of anilines is 1. The topological polar surface area (TPSA) is 106 Å². The fourth-order valence-electron chi connectivity index (χ4n) is 4.98. The first-order valence-electron chi connectivity index (χ1n) is 13.5. The number of benzene rings is 3. The van der Waals surface area contributed by atoms with E-state index in [-0.39, 0.29) is 28.4 Å². The summed E-state index contributed by atoms with van der Waals surface area (Å²) in [5, 5.41) is 9.33. The molecule has 48 heavy (non-hydrogen) atoms. The first-order valence-corrected chi connectivity index (χ1v) is 13.5. The molecular formula is C30H23F9N2O7. The van der Waals surface area contributed by atoms with Crippen LogP contribution in [0.5, 0.6) is 5.75 Å². The fourth-order valence-corrected chi connectivity index (χ4v) is 4.98. The molecule has 9 nitrogen and oxygen atoms in total. The summed E-state index contributed by atoms with van der Waals surface area (Å²) in [4.78, 5) is 39.1. The molecule has 1 aliphatic heterocycles. The number of carboxylic acid groups (broad SMARTS) is 1. The summed E-state index contributed by atoms with van der Waals surface area (Å²) in [5.74, 6) is -2.10. The maximum atomic E-state index is 13.5. The second kappa shape index (κ2) is 13.2. The van der Waals surface area contributed by atoms with Crippen molar-refractivity contribution in [2.75, 3.05) is 12.0 Å². The lowest BCUT2D eigenvalue weighted by Crippen LogP contribution is -2.34. The van der Waals surface area contributed by atoms with Crippen molar-refractivity contribution in [2.45, 2.75) is 50.9 Å². The monoisotopic (exact) mass is 694 g/mol. The predicted octanol–water partition coefficient (Wildman–Crippen LogP) is 8.18. The molecule has 0 aliphatic carbocycles. The van der Waals surface area contributed by atoms with Gasteiger partial charge in [0.15, 0.2) is 0 Å². The van der Waals surface area contributed by atoms with Crippen LogP contribution in [0.2, 0.25) is 0 Å². The summed E-state index contributed by atoms with van der Waals surface area (Å²) in [7, 11) is 0.985. The van der Waals surface area contributed by atoms with Gasteiger partial charge in [0, 0.05) is 0 Å². The van der Waals surface area contributed by atoms with Gasteiger partial charge in [-0.05, 0) is 72.1 Å². The molecule has 0 radical (unpaired) electrons. The highest BCUT2D eigenvalue weighted by Gasteiger charge is 2.44. The highest BCUT2D eigenvalue weighted by Crippen LogP contribution is 2.42. The van der Waals surface area contributed by atoms with Crippen molar-refractivity contribution in [3.63, 3.8) is 0 Å². The van der Waals surface area contributed by atoms with Gasteiger partial charge in [-0.2, -0.15) is 26.3 Å². The van der Waals surface area contributed by atoms with E-state index in [1.807, 2.05) is 0 Å². The average Bonchev–Trinajstić information content (AvgIpc) is 3.26. The number of ether oxygens (including phenoxy) is 3. The van der Waals surface area contributed by atoms with Gasteiger partial charge in [0.2, 0.25) is 0 Å². The van der Waals surface area contributed by atoms with Crippen molar-refractivity contribution in [3.8, 4) is 5.75 Å². The number of alkyl halides is 9. The summed E-state index contributed by atoms with van der Waals surface area (Å²) in [6, 6.07) is 7.35. The lowest BCUT2D eigenvalue weighted by atomic mass is 9.97. The van der Waals surface area contributed by atoms with Crippen molar-refractivity contribution in [1.29, 1.82) is 0 Å². The molecule has 1 fully saturated rings. The molecule has 0 aromatic heterocycles. The van der Waals surface area contributed by atoms with Crippen molar-refractivity contribution in [3.05, 3.63) is 94.0 Å². The van der Waals surface area contributed by atoms with E-state index in [9.17, 15) is 59.0 Å². The van der Waals surface area contributed by atoms with Crippen LogP contribution in [0.15, 0.2) is 60.7 Å². The minimum atomic E-state index is -5.20. The first kappa shape index (κ1) is 35.7. The Morgan fingerprint density at radius 1 is 0.917 bits per heavy atom. The summed E-state index contributed by atoms with van der Waals surface area (Å²) < 4.78 is 134. The zero-order valence-corrected chi connectivity index (χ0v) is 24.5. The molecule has 4 rings (SSSR count). The number of rotatable bonds is 8. The molecule has 3 aromatic carbocycles. The molecule has 1 N–H and O–H groups in total. The minimum absolute atomic E-state index is 0.102. The maximum Gasteiger partial charge on any atom is 0.573 e. The van der Waals surface area contributed by atoms with Gasteiger partial charge in [-0.1, -0.05) is 12.1 Å². The van der Waals surface area contributed by atoms with Crippen molar-refractivity contribution < 1.29 is 73.2 Å².